The molecule has 0 heterocycles. The van der Waals surface area contributed by atoms with Crippen molar-refractivity contribution in [3.63, 3.8) is 0 Å². The van der Waals surface area contributed by atoms with Crippen LogP contribution in [0.5, 0.6) is 5.75 Å². The lowest BCUT2D eigenvalue weighted by Crippen LogP contribution is -2.35. The summed E-state index contributed by atoms with van der Waals surface area (Å²) >= 11 is 3.65. The molecule has 0 atom stereocenters. The van der Waals surface area contributed by atoms with Crippen molar-refractivity contribution in [2.45, 2.75) is 51.4 Å². The van der Waals surface area contributed by atoms with Crippen molar-refractivity contribution in [1.82, 2.24) is 0 Å². The van der Waals surface area contributed by atoms with E-state index in [-0.39, 0.29) is 34.6 Å². The SMILES string of the molecule is COCOc1c(C(=O)Nc2cc(F)c(C(=O)OC)c(F)c2)cc2c(c1Br)C(C)(C)CCC2(C)C. The third kappa shape index (κ3) is 4.81. The van der Waals surface area contributed by atoms with Crippen molar-refractivity contribution < 1.29 is 32.6 Å². The molecule has 0 fully saturated rings. The number of benzene rings is 2. The van der Waals surface area contributed by atoms with Crippen LogP contribution in [-0.2, 0) is 20.3 Å². The fourth-order valence-corrected chi connectivity index (χ4v) is 5.36. The molecule has 3 rings (SSSR count). The topological polar surface area (TPSA) is 73.9 Å². The first kappa shape index (κ1) is 26.1. The molecular weight excluding hydrogens is 512 g/mol. The molecule has 0 radical (unpaired) electrons. The summed E-state index contributed by atoms with van der Waals surface area (Å²) < 4.78 is 44.6. The second kappa shape index (κ2) is 9.62. The molecule has 1 aliphatic rings. The van der Waals surface area contributed by atoms with Crippen LogP contribution in [0.15, 0.2) is 22.7 Å². The van der Waals surface area contributed by atoms with E-state index < -0.39 is 29.1 Å². The van der Waals surface area contributed by atoms with E-state index in [0.29, 0.717) is 4.47 Å². The van der Waals surface area contributed by atoms with Gasteiger partial charge < -0.3 is 19.5 Å². The average molecular weight is 540 g/mol. The lowest BCUT2D eigenvalue weighted by Gasteiger charge is -2.43. The summed E-state index contributed by atoms with van der Waals surface area (Å²) in [5.74, 6) is -3.79. The number of fused-ring (bicyclic) bond motifs is 1. The molecule has 2 aromatic carbocycles. The monoisotopic (exact) mass is 539 g/mol. The third-order valence-corrected chi connectivity index (χ3v) is 7.01. The number of esters is 1. The van der Waals surface area contributed by atoms with Crippen molar-refractivity contribution in [3.05, 3.63) is 56.6 Å². The van der Waals surface area contributed by atoms with Gasteiger partial charge in [-0.1, -0.05) is 27.7 Å². The molecule has 0 saturated heterocycles. The van der Waals surface area contributed by atoms with E-state index in [0.717, 1.165) is 43.2 Å². The van der Waals surface area contributed by atoms with Gasteiger partial charge in [-0.25, -0.2) is 13.6 Å². The standard InChI is InChI=1S/C25H28BrF2NO5/c1-24(2)7-8-25(3,4)19-15(24)11-14(21(20(19)26)34-12-32-5)22(30)29-13-9-16(27)18(17(28)10-13)23(31)33-6/h9-11H,7-8,12H2,1-6H3,(H,29,30). The first-order valence-electron chi connectivity index (χ1n) is 10.7. The summed E-state index contributed by atoms with van der Waals surface area (Å²) in [6.07, 6.45) is 1.87. The number of amides is 1. The maximum Gasteiger partial charge on any atom is 0.343 e. The normalized spacial score (nSPS) is 15.9. The third-order valence-electron chi connectivity index (χ3n) is 6.26. The van der Waals surface area contributed by atoms with E-state index in [1.165, 1.54) is 7.11 Å². The first-order chi connectivity index (χ1) is 15.8. The van der Waals surface area contributed by atoms with E-state index in [1.54, 1.807) is 6.07 Å². The average Bonchev–Trinajstić information content (AvgIpc) is 2.74. The largest absolute Gasteiger partial charge is 0.466 e. The fourth-order valence-electron chi connectivity index (χ4n) is 4.28. The van der Waals surface area contributed by atoms with Crippen LogP contribution in [0, 0.1) is 11.6 Å². The summed E-state index contributed by atoms with van der Waals surface area (Å²) in [7, 11) is 2.49. The highest BCUT2D eigenvalue weighted by molar-refractivity contribution is 9.10. The fraction of sp³-hybridized carbons (Fsp3) is 0.440. The lowest BCUT2D eigenvalue weighted by molar-refractivity contribution is 0.0495. The number of rotatable bonds is 6. The van der Waals surface area contributed by atoms with Gasteiger partial charge >= 0.3 is 5.97 Å². The zero-order chi connectivity index (χ0) is 25.4. The minimum Gasteiger partial charge on any atom is -0.466 e. The van der Waals surface area contributed by atoms with Crippen molar-refractivity contribution in [3.8, 4) is 5.75 Å². The minimum atomic E-state index is -1.15. The van der Waals surface area contributed by atoms with Crippen LogP contribution in [-0.4, -0.2) is 32.9 Å². The number of anilines is 1. The number of carbonyl (C=O) groups excluding carboxylic acids is 2. The van der Waals surface area contributed by atoms with Crippen LogP contribution in [0.4, 0.5) is 14.5 Å². The molecule has 1 N–H and O–H groups in total. The molecule has 184 valence electrons. The molecule has 1 aliphatic carbocycles. The van der Waals surface area contributed by atoms with Crippen molar-refractivity contribution in [2.24, 2.45) is 0 Å². The number of halogens is 3. The summed E-state index contributed by atoms with van der Waals surface area (Å²) in [6.45, 7) is 8.40. The van der Waals surface area contributed by atoms with Crippen LogP contribution in [0.2, 0.25) is 0 Å². The summed E-state index contributed by atoms with van der Waals surface area (Å²) in [5, 5.41) is 2.51. The van der Waals surface area contributed by atoms with E-state index >= 15 is 0 Å². The van der Waals surface area contributed by atoms with Gasteiger partial charge in [0.05, 0.1) is 17.1 Å². The zero-order valence-electron chi connectivity index (χ0n) is 20.0. The van der Waals surface area contributed by atoms with Crippen LogP contribution < -0.4 is 10.1 Å². The Labute approximate surface area is 206 Å². The van der Waals surface area contributed by atoms with E-state index in [2.05, 4.69) is 53.7 Å². The van der Waals surface area contributed by atoms with Crippen LogP contribution >= 0.6 is 15.9 Å². The van der Waals surface area contributed by atoms with Crippen LogP contribution in [0.3, 0.4) is 0 Å². The number of hydrogen-bond donors (Lipinski definition) is 1. The molecule has 0 aliphatic heterocycles. The van der Waals surface area contributed by atoms with E-state index in [1.807, 2.05) is 0 Å². The molecule has 34 heavy (non-hydrogen) atoms. The zero-order valence-corrected chi connectivity index (χ0v) is 21.6. The molecule has 0 saturated carbocycles. The predicted molar refractivity (Wildman–Crippen MR) is 128 cm³/mol. The Kier molecular flexibility index (Phi) is 7.38. The van der Waals surface area contributed by atoms with Crippen LogP contribution in [0.1, 0.15) is 72.4 Å². The highest BCUT2D eigenvalue weighted by Crippen LogP contribution is 2.52. The van der Waals surface area contributed by atoms with Crippen molar-refractivity contribution in [1.29, 1.82) is 0 Å². The molecular formula is C25H28BrF2NO5. The van der Waals surface area contributed by atoms with Gasteiger partial charge in [0.2, 0.25) is 0 Å². The molecule has 6 nitrogen and oxygen atoms in total. The number of nitrogens with one attached hydrogen (secondary N) is 1. The van der Waals surface area contributed by atoms with Gasteiger partial charge in [-0.05, 0) is 68.9 Å². The maximum absolute atomic E-state index is 14.4. The maximum atomic E-state index is 14.4. The molecule has 0 bridgehead atoms. The van der Waals surface area contributed by atoms with Gasteiger partial charge in [-0.2, -0.15) is 0 Å². The van der Waals surface area contributed by atoms with Gasteiger partial charge in [0.15, 0.2) is 6.79 Å². The highest BCUT2D eigenvalue weighted by atomic mass is 79.9. The molecule has 2 aromatic rings. The number of ether oxygens (including phenoxy) is 3. The Bertz CT molecular complexity index is 1120. The Morgan fingerprint density at radius 2 is 1.62 bits per heavy atom. The molecule has 1 amide bonds. The lowest BCUT2D eigenvalue weighted by atomic mass is 9.63. The van der Waals surface area contributed by atoms with E-state index in [4.69, 9.17) is 9.47 Å². The summed E-state index contributed by atoms with van der Waals surface area (Å²) in [5.41, 5.74) is 0.868. The molecule has 0 aromatic heterocycles. The number of carbonyl (C=O) groups is 2. The smallest absolute Gasteiger partial charge is 0.343 e. The first-order valence-corrected chi connectivity index (χ1v) is 11.5. The van der Waals surface area contributed by atoms with E-state index in [9.17, 15) is 18.4 Å². The van der Waals surface area contributed by atoms with Crippen molar-refractivity contribution >= 4 is 33.5 Å². The number of hydrogen-bond acceptors (Lipinski definition) is 5. The second-order valence-electron chi connectivity index (χ2n) is 9.57. The van der Waals surface area contributed by atoms with Gasteiger partial charge in [-0.3, -0.25) is 4.79 Å². The van der Waals surface area contributed by atoms with Gasteiger partial charge in [0.25, 0.3) is 5.91 Å². The van der Waals surface area contributed by atoms with Gasteiger partial charge in [0.1, 0.15) is 22.9 Å². The molecule has 9 heteroatoms. The Morgan fingerprint density at radius 1 is 1.03 bits per heavy atom. The Balaban J connectivity index is 2.11. The van der Waals surface area contributed by atoms with Crippen LogP contribution in [0.25, 0.3) is 0 Å². The molecule has 0 spiro atoms. The highest BCUT2D eigenvalue weighted by Gasteiger charge is 2.41. The van der Waals surface area contributed by atoms with Gasteiger partial charge in [0, 0.05) is 12.8 Å². The minimum absolute atomic E-state index is 0.0986. The summed E-state index contributed by atoms with van der Waals surface area (Å²) in [4.78, 5) is 24.9. The number of methoxy groups -OCH3 is 2. The van der Waals surface area contributed by atoms with Gasteiger partial charge in [-0.15, -0.1) is 0 Å². The quantitative estimate of drug-likeness (QED) is 0.354. The predicted octanol–water partition coefficient (Wildman–Crippen LogP) is 6.10. The second-order valence-corrected chi connectivity index (χ2v) is 10.4. The van der Waals surface area contributed by atoms with Crippen molar-refractivity contribution in [2.75, 3.05) is 26.3 Å². The molecule has 0 unspecified atom stereocenters. The summed E-state index contributed by atoms with van der Waals surface area (Å²) in [6, 6.07) is 3.50. The Morgan fingerprint density at radius 3 is 2.18 bits per heavy atom. The Hall–Kier alpha value is -2.52.